The van der Waals surface area contributed by atoms with Gasteiger partial charge in [0.25, 0.3) is 5.91 Å². The highest BCUT2D eigenvalue weighted by atomic mass is 19.4. The van der Waals surface area contributed by atoms with Crippen molar-refractivity contribution in [1.82, 2.24) is 15.4 Å². The van der Waals surface area contributed by atoms with E-state index < -0.39 is 53.1 Å². The van der Waals surface area contributed by atoms with Crippen LogP contribution in [0.4, 0.5) is 39.5 Å². The van der Waals surface area contributed by atoms with E-state index in [4.69, 9.17) is 0 Å². The number of para-hydroxylation sites is 1. The maximum Gasteiger partial charge on any atom is 0.493 e. The Morgan fingerprint density at radius 1 is 0.884 bits per heavy atom. The molecule has 3 aromatic rings. The van der Waals surface area contributed by atoms with Gasteiger partial charge in [-0.25, -0.2) is 4.79 Å². The smallest absolute Gasteiger partial charge is 0.329 e. The van der Waals surface area contributed by atoms with Gasteiger partial charge in [-0.05, 0) is 68.5 Å². The van der Waals surface area contributed by atoms with Crippen LogP contribution in [0.5, 0.6) is 0 Å². The molecule has 1 amide bonds. The van der Waals surface area contributed by atoms with Crippen molar-refractivity contribution in [2.24, 2.45) is 0 Å². The van der Waals surface area contributed by atoms with Crippen LogP contribution in [0.25, 0.3) is 10.9 Å². The summed E-state index contributed by atoms with van der Waals surface area (Å²) in [4.78, 5) is 33.6. The molecule has 4 rings (SSSR count). The molecule has 1 aliphatic rings. The van der Waals surface area contributed by atoms with Gasteiger partial charge in [-0.1, -0.05) is 18.2 Å². The quantitative estimate of drug-likeness (QED) is 0.242. The van der Waals surface area contributed by atoms with Gasteiger partial charge in [-0.3, -0.25) is 9.78 Å². The Hall–Kier alpha value is -3.88. The molecule has 1 aliphatic carbocycles. The molecule has 1 aromatic heterocycles. The molecule has 1 heterocycles. The monoisotopic (exact) mass is 621 g/mol. The van der Waals surface area contributed by atoms with E-state index in [1.807, 2.05) is 37.3 Å². The van der Waals surface area contributed by atoms with Crippen molar-refractivity contribution in [3.8, 4) is 0 Å². The normalized spacial score (nSPS) is 18.0. The number of aromatic nitrogens is 1. The molecule has 0 saturated heterocycles. The molecule has 0 bridgehead atoms. The Morgan fingerprint density at radius 3 is 2.02 bits per heavy atom. The lowest BCUT2D eigenvalue weighted by molar-refractivity contribution is -0.235. The summed E-state index contributed by atoms with van der Waals surface area (Å²) >= 11 is 0. The summed E-state index contributed by atoms with van der Waals surface area (Å²) in [6, 6.07) is 7.84. The summed E-state index contributed by atoms with van der Waals surface area (Å²) in [6.07, 6.45) is -15.9. The van der Waals surface area contributed by atoms with Crippen LogP contribution in [0, 0.1) is 6.92 Å². The summed E-state index contributed by atoms with van der Waals surface area (Å²) in [7, 11) is 0. The van der Waals surface area contributed by atoms with Crippen LogP contribution in [-0.2, 0) is 28.5 Å². The van der Waals surface area contributed by atoms with Gasteiger partial charge in [0.05, 0.1) is 28.4 Å². The number of rotatable bonds is 5. The first-order valence-electron chi connectivity index (χ1n) is 12.9. The third kappa shape index (κ3) is 7.75. The highest BCUT2D eigenvalue weighted by Gasteiger charge is 2.46. The lowest BCUT2D eigenvalue weighted by Gasteiger charge is -2.35. The van der Waals surface area contributed by atoms with Gasteiger partial charge in [-0.15, -0.1) is 0 Å². The third-order valence-corrected chi connectivity index (χ3v) is 7.02. The van der Waals surface area contributed by atoms with Crippen LogP contribution in [0.2, 0.25) is 0 Å². The lowest BCUT2D eigenvalue weighted by Crippen LogP contribution is -2.48. The zero-order chi connectivity index (χ0) is 31.7. The van der Waals surface area contributed by atoms with E-state index in [1.54, 1.807) is 0 Å². The van der Waals surface area contributed by atoms with Crippen molar-refractivity contribution in [3.63, 3.8) is 0 Å². The summed E-state index contributed by atoms with van der Waals surface area (Å²) in [5.74, 6) is -4.59. The van der Waals surface area contributed by atoms with Crippen LogP contribution in [0.15, 0.2) is 48.5 Å². The predicted octanol–water partition coefficient (Wildman–Crippen LogP) is 7.14. The second kappa shape index (κ2) is 12.0. The maximum atomic E-state index is 13.3. The molecule has 232 valence electrons. The summed E-state index contributed by atoms with van der Waals surface area (Å²) in [6.45, 7) is 2.26. The molecule has 15 heteroatoms. The van der Waals surface area contributed by atoms with E-state index >= 15 is 0 Å². The van der Waals surface area contributed by atoms with Crippen LogP contribution in [0.3, 0.4) is 0 Å². The molecule has 0 aliphatic heterocycles. The van der Waals surface area contributed by atoms with Crippen LogP contribution >= 0.6 is 0 Å². The van der Waals surface area contributed by atoms with Crippen molar-refractivity contribution >= 4 is 22.8 Å². The fourth-order valence-corrected chi connectivity index (χ4v) is 4.90. The SMILES string of the molecule is Cc1cc(CNC2CCC(N(OC(=O)C(F)(F)F)C(=O)c3cc(C(F)(F)F)cc(C(F)(F)F)c3)CC2)nc2ccccc12. The second-order valence-corrected chi connectivity index (χ2v) is 10.1. The molecular formula is C28H24F9N3O3. The highest BCUT2D eigenvalue weighted by Crippen LogP contribution is 2.37. The molecule has 6 nitrogen and oxygen atoms in total. The van der Waals surface area contributed by atoms with Crippen molar-refractivity contribution in [2.75, 3.05) is 0 Å². The molecule has 2 aromatic carbocycles. The van der Waals surface area contributed by atoms with Crippen LogP contribution in [0.1, 0.15) is 58.4 Å². The molecule has 0 atom stereocenters. The number of hydroxylamine groups is 2. The van der Waals surface area contributed by atoms with Crippen molar-refractivity contribution in [2.45, 2.75) is 69.8 Å². The zero-order valence-electron chi connectivity index (χ0n) is 22.3. The van der Waals surface area contributed by atoms with Gasteiger partial charge in [-0.2, -0.15) is 44.6 Å². The van der Waals surface area contributed by atoms with Crippen LogP contribution in [-0.4, -0.2) is 40.2 Å². The van der Waals surface area contributed by atoms with Gasteiger partial charge in [0.1, 0.15) is 0 Å². The van der Waals surface area contributed by atoms with Crippen LogP contribution < -0.4 is 5.32 Å². The molecule has 1 fully saturated rings. The number of carbonyl (C=O) groups excluding carboxylic acids is 2. The Kier molecular flexibility index (Phi) is 8.95. The molecule has 0 radical (unpaired) electrons. The molecule has 0 unspecified atom stereocenters. The van der Waals surface area contributed by atoms with E-state index in [0.29, 0.717) is 6.54 Å². The Labute approximate surface area is 238 Å². The molecule has 1 saturated carbocycles. The number of fused-ring (bicyclic) bond motifs is 1. The maximum absolute atomic E-state index is 13.3. The summed E-state index contributed by atoms with van der Waals surface area (Å²) in [5.41, 5.74) is -2.44. The van der Waals surface area contributed by atoms with Gasteiger partial charge in [0.2, 0.25) is 0 Å². The first kappa shape index (κ1) is 32.0. The van der Waals surface area contributed by atoms with Gasteiger partial charge in [0.15, 0.2) is 0 Å². The number of alkyl halides is 9. The summed E-state index contributed by atoms with van der Waals surface area (Å²) in [5, 5.41) is 4.18. The molecule has 0 spiro atoms. The zero-order valence-corrected chi connectivity index (χ0v) is 22.3. The number of benzene rings is 2. The molecule has 43 heavy (non-hydrogen) atoms. The topological polar surface area (TPSA) is 71.5 Å². The minimum Gasteiger partial charge on any atom is -0.329 e. The van der Waals surface area contributed by atoms with Gasteiger partial charge in [0, 0.05) is 23.5 Å². The Bertz CT molecular complexity index is 1460. The minimum atomic E-state index is -5.59. The van der Waals surface area contributed by atoms with Crippen molar-refractivity contribution in [3.05, 3.63) is 76.5 Å². The van der Waals surface area contributed by atoms with E-state index in [1.165, 1.54) is 0 Å². The van der Waals surface area contributed by atoms with E-state index in [9.17, 15) is 49.1 Å². The Morgan fingerprint density at radius 2 is 1.47 bits per heavy atom. The first-order chi connectivity index (χ1) is 19.9. The predicted molar refractivity (Wildman–Crippen MR) is 134 cm³/mol. The average Bonchev–Trinajstić information content (AvgIpc) is 2.93. The fourth-order valence-electron chi connectivity index (χ4n) is 4.90. The number of aryl methyl sites for hydroxylation is 1. The Balaban J connectivity index is 1.53. The number of amides is 1. The average molecular weight is 621 g/mol. The van der Waals surface area contributed by atoms with Crippen molar-refractivity contribution in [1.29, 1.82) is 0 Å². The lowest BCUT2D eigenvalue weighted by atomic mass is 9.90. The van der Waals surface area contributed by atoms with E-state index in [0.717, 1.165) is 22.2 Å². The highest BCUT2D eigenvalue weighted by molar-refractivity contribution is 5.95. The van der Waals surface area contributed by atoms with E-state index in [2.05, 4.69) is 15.1 Å². The van der Waals surface area contributed by atoms with Gasteiger partial charge < -0.3 is 10.2 Å². The largest absolute Gasteiger partial charge is 0.493 e. The third-order valence-electron chi connectivity index (χ3n) is 7.02. The molecule has 1 N–H and O–H groups in total. The van der Waals surface area contributed by atoms with Crippen molar-refractivity contribution < 1.29 is 53.9 Å². The van der Waals surface area contributed by atoms with Gasteiger partial charge >= 0.3 is 24.5 Å². The first-order valence-corrected chi connectivity index (χ1v) is 12.9. The number of carbonyl (C=O) groups is 2. The number of pyridine rings is 1. The number of halogens is 9. The fraction of sp³-hybridized carbons (Fsp3) is 0.393. The standard InChI is InChI=1S/C28H24F9N3O3/c1-15-10-20(39-23-5-3-2-4-22(15)23)14-38-19-6-8-21(9-7-19)40(43-25(42)28(35,36)37)24(41)16-11-17(26(29,30)31)13-18(12-16)27(32,33)34/h2-5,10-13,19,21,38H,6-9,14H2,1H3. The summed E-state index contributed by atoms with van der Waals surface area (Å²) < 4.78 is 119. The number of nitrogens with zero attached hydrogens (tertiary/aromatic N) is 2. The minimum absolute atomic E-state index is 0.0596. The second-order valence-electron chi connectivity index (χ2n) is 10.1. The van der Waals surface area contributed by atoms with E-state index in [-0.39, 0.29) is 55.0 Å². The number of hydrogen-bond acceptors (Lipinski definition) is 5. The number of nitrogens with one attached hydrogen (secondary N) is 1. The molecular weight excluding hydrogens is 597 g/mol. The number of hydrogen-bond donors (Lipinski definition) is 1.